The maximum Gasteiger partial charge on any atom is 0.326 e. The number of carboxylic acid groups (broad SMARTS) is 1. The minimum absolute atomic E-state index is 0.0112. The first-order valence-corrected chi connectivity index (χ1v) is 7.05. The highest BCUT2D eigenvalue weighted by molar-refractivity contribution is 5.86. The number of carbonyl (C=O) groups is 3. The lowest BCUT2D eigenvalue weighted by atomic mass is 10.1. The Labute approximate surface area is 124 Å². The average Bonchev–Trinajstić information content (AvgIpc) is 2.85. The van der Waals surface area contributed by atoms with Crippen LogP contribution in [0.2, 0.25) is 0 Å². The standard InChI is InChI=1S/C14H23NO6/c1-14(2,3)21-11(16)7-6-9(13(18)19)15-12(17)10-5-4-8-20-10/h9-10H,4-8H2,1-3H3,(H,15,17)(H,18,19)/t9-,10-/m1/s1. The van der Waals surface area contributed by atoms with E-state index in [1.54, 1.807) is 20.8 Å². The van der Waals surface area contributed by atoms with Gasteiger partial charge in [0.25, 0.3) is 0 Å². The van der Waals surface area contributed by atoms with Crippen LogP contribution in [0.3, 0.4) is 0 Å². The molecule has 0 aromatic heterocycles. The molecule has 0 aliphatic carbocycles. The zero-order valence-corrected chi connectivity index (χ0v) is 12.7. The molecular weight excluding hydrogens is 278 g/mol. The van der Waals surface area contributed by atoms with Crippen molar-refractivity contribution in [2.45, 2.75) is 64.2 Å². The summed E-state index contributed by atoms with van der Waals surface area (Å²) in [6.45, 7) is 5.71. The number of carbonyl (C=O) groups excluding carboxylic acids is 2. The fourth-order valence-corrected chi connectivity index (χ4v) is 1.96. The third kappa shape index (κ3) is 6.57. The first-order valence-electron chi connectivity index (χ1n) is 7.05. The first kappa shape index (κ1) is 17.4. The molecule has 7 nitrogen and oxygen atoms in total. The molecule has 0 radical (unpaired) electrons. The molecule has 0 aromatic rings. The molecule has 0 spiro atoms. The van der Waals surface area contributed by atoms with E-state index < -0.39 is 35.6 Å². The molecule has 7 heteroatoms. The van der Waals surface area contributed by atoms with E-state index in [1.807, 2.05) is 0 Å². The Morgan fingerprint density at radius 1 is 1.38 bits per heavy atom. The highest BCUT2D eigenvalue weighted by Gasteiger charge is 2.29. The summed E-state index contributed by atoms with van der Waals surface area (Å²) in [5.74, 6) is -2.10. The molecular formula is C14H23NO6. The lowest BCUT2D eigenvalue weighted by Gasteiger charge is -2.21. The average molecular weight is 301 g/mol. The van der Waals surface area contributed by atoms with E-state index in [4.69, 9.17) is 14.6 Å². The predicted molar refractivity (Wildman–Crippen MR) is 73.6 cm³/mol. The van der Waals surface area contributed by atoms with Crippen molar-refractivity contribution in [2.24, 2.45) is 0 Å². The molecule has 1 saturated heterocycles. The number of hydrogen-bond donors (Lipinski definition) is 2. The van der Waals surface area contributed by atoms with Crippen molar-refractivity contribution in [1.29, 1.82) is 0 Å². The molecule has 2 N–H and O–H groups in total. The number of hydrogen-bond acceptors (Lipinski definition) is 5. The van der Waals surface area contributed by atoms with E-state index in [1.165, 1.54) is 0 Å². The molecule has 1 rings (SSSR count). The van der Waals surface area contributed by atoms with E-state index in [-0.39, 0.29) is 12.8 Å². The summed E-state index contributed by atoms with van der Waals surface area (Å²) in [5.41, 5.74) is -0.614. The van der Waals surface area contributed by atoms with E-state index in [2.05, 4.69) is 5.32 Å². The highest BCUT2D eigenvalue weighted by atomic mass is 16.6. The van der Waals surface area contributed by atoms with Gasteiger partial charge in [-0.3, -0.25) is 9.59 Å². The van der Waals surface area contributed by atoms with Gasteiger partial charge >= 0.3 is 11.9 Å². The van der Waals surface area contributed by atoms with Crippen molar-refractivity contribution in [3.8, 4) is 0 Å². The van der Waals surface area contributed by atoms with Gasteiger partial charge in [0, 0.05) is 13.0 Å². The maximum atomic E-state index is 11.8. The summed E-state index contributed by atoms with van der Waals surface area (Å²) in [6.07, 6.45) is 0.703. The zero-order chi connectivity index (χ0) is 16.0. The fraction of sp³-hybridized carbons (Fsp3) is 0.786. The maximum absolute atomic E-state index is 11.8. The molecule has 2 atom stereocenters. The highest BCUT2D eigenvalue weighted by Crippen LogP contribution is 2.13. The molecule has 0 unspecified atom stereocenters. The van der Waals surface area contributed by atoms with Crippen molar-refractivity contribution >= 4 is 17.8 Å². The molecule has 0 bridgehead atoms. The normalized spacial score (nSPS) is 19.9. The van der Waals surface area contributed by atoms with Crippen LogP contribution in [0.5, 0.6) is 0 Å². The van der Waals surface area contributed by atoms with Crippen LogP contribution in [0, 0.1) is 0 Å². The number of amides is 1. The van der Waals surface area contributed by atoms with Gasteiger partial charge in [0.05, 0.1) is 0 Å². The predicted octanol–water partition coefficient (Wildman–Crippen LogP) is 0.857. The molecule has 1 aliphatic rings. The Morgan fingerprint density at radius 3 is 2.52 bits per heavy atom. The van der Waals surface area contributed by atoms with Crippen LogP contribution in [0.4, 0.5) is 0 Å². The largest absolute Gasteiger partial charge is 0.480 e. The Kier molecular flexibility index (Phi) is 6.14. The molecule has 120 valence electrons. The van der Waals surface area contributed by atoms with Gasteiger partial charge in [-0.05, 0) is 40.0 Å². The van der Waals surface area contributed by atoms with Gasteiger partial charge in [-0.1, -0.05) is 0 Å². The van der Waals surface area contributed by atoms with Gasteiger partial charge in [0.1, 0.15) is 17.7 Å². The summed E-state index contributed by atoms with van der Waals surface area (Å²) in [6, 6.07) is -1.12. The Morgan fingerprint density at radius 2 is 2.05 bits per heavy atom. The molecule has 0 aromatic carbocycles. The summed E-state index contributed by atoms with van der Waals surface area (Å²) < 4.78 is 10.3. The number of nitrogens with one attached hydrogen (secondary N) is 1. The smallest absolute Gasteiger partial charge is 0.326 e. The van der Waals surface area contributed by atoms with Crippen LogP contribution in [0.15, 0.2) is 0 Å². The quantitative estimate of drug-likeness (QED) is 0.705. The summed E-state index contributed by atoms with van der Waals surface area (Å²) in [7, 11) is 0. The number of esters is 1. The van der Waals surface area contributed by atoms with Gasteiger partial charge in [0.2, 0.25) is 5.91 Å². The van der Waals surface area contributed by atoms with Crippen LogP contribution in [-0.4, -0.2) is 47.3 Å². The first-order chi connectivity index (χ1) is 9.69. The molecule has 1 heterocycles. The van der Waals surface area contributed by atoms with Crippen molar-refractivity contribution in [3.05, 3.63) is 0 Å². The van der Waals surface area contributed by atoms with Gasteiger partial charge in [-0.25, -0.2) is 4.79 Å². The second kappa shape index (κ2) is 7.40. The van der Waals surface area contributed by atoms with E-state index in [0.717, 1.165) is 6.42 Å². The van der Waals surface area contributed by atoms with E-state index in [9.17, 15) is 14.4 Å². The Bertz CT molecular complexity index is 395. The molecule has 0 saturated carbocycles. The van der Waals surface area contributed by atoms with Gasteiger partial charge in [-0.2, -0.15) is 0 Å². The van der Waals surface area contributed by atoms with Crippen molar-refractivity contribution in [2.75, 3.05) is 6.61 Å². The Hall–Kier alpha value is -1.63. The molecule has 1 aliphatic heterocycles. The molecule has 21 heavy (non-hydrogen) atoms. The van der Waals surface area contributed by atoms with Gasteiger partial charge in [-0.15, -0.1) is 0 Å². The number of rotatable bonds is 6. The third-order valence-electron chi connectivity index (χ3n) is 2.89. The summed E-state index contributed by atoms with van der Waals surface area (Å²) in [5, 5.41) is 11.5. The topological polar surface area (TPSA) is 102 Å². The van der Waals surface area contributed by atoms with Crippen LogP contribution >= 0.6 is 0 Å². The monoisotopic (exact) mass is 301 g/mol. The second-order valence-corrected chi connectivity index (χ2v) is 6.03. The number of aliphatic carboxylic acids is 1. The SMILES string of the molecule is CC(C)(C)OC(=O)CC[C@@H](NC(=O)[C@H]1CCCO1)C(=O)O. The minimum Gasteiger partial charge on any atom is -0.480 e. The number of ether oxygens (including phenoxy) is 2. The second-order valence-electron chi connectivity index (χ2n) is 6.03. The van der Waals surface area contributed by atoms with E-state index >= 15 is 0 Å². The van der Waals surface area contributed by atoms with Crippen molar-refractivity contribution < 1.29 is 29.0 Å². The van der Waals surface area contributed by atoms with Crippen LogP contribution in [-0.2, 0) is 23.9 Å². The summed E-state index contributed by atoms with van der Waals surface area (Å²) >= 11 is 0. The van der Waals surface area contributed by atoms with Crippen LogP contribution in [0.1, 0.15) is 46.5 Å². The lowest BCUT2D eigenvalue weighted by Crippen LogP contribution is -2.45. The van der Waals surface area contributed by atoms with Gasteiger partial charge < -0.3 is 19.9 Å². The number of carboxylic acids is 1. The summed E-state index contributed by atoms with van der Waals surface area (Å²) in [4.78, 5) is 34.5. The lowest BCUT2D eigenvalue weighted by molar-refractivity contribution is -0.155. The molecule has 1 fully saturated rings. The molecule has 1 amide bonds. The van der Waals surface area contributed by atoms with Crippen molar-refractivity contribution in [1.82, 2.24) is 5.32 Å². The minimum atomic E-state index is -1.18. The Balaban J connectivity index is 2.44. The van der Waals surface area contributed by atoms with Crippen LogP contribution in [0.25, 0.3) is 0 Å². The van der Waals surface area contributed by atoms with Crippen molar-refractivity contribution in [3.63, 3.8) is 0 Å². The van der Waals surface area contributed by atoms with E-state index in [0.29, 0.717) is 13.0 Å². The van der Waals surface area contributed by atoms with Gasteiger partial charge in [0.15, 0.2) is 0 Å². The third-order valence-corrected chi connectivity index (χ3v) is 2.89. The van der Waals surface area contributed by atoms with Crippen LogP contribution < -0.4 is 5.32 Å². The zero-order valence-electron chi connectivity index (χ0n) is 12.7. The fourth-order valence-electron chi connectivity index (χ4n) is 1.96.